The number of thiol groups is 1. The van der Waals surface area contributed by atoms with Crippen LogP contribution >= 0.6 is 12.6 Å². The molecular weight excluding hydrogens is 488 g/mol. The maximum Gasteiger partial charge on any atom is 0.326 e. The standard InChI is InChI=1S/C18H32N8O8S/c19-8(2-1-5-23-18(21)22)14(30)25-10(6-13(28)29)15(31)26-11(7-35)16(32)24-9(17(33)34)3-4-12(20)27/h8-11,35H,1-7,19H2,(H2,20,27)(H,24,32)(H,25,30)(H,26,31)(H,28,29)(H,33,34)(H4,21,22,23). The fourth-order valence-corrected chi connectivity index (χ4v) is 2.85. The minimum atomic E-state index is -1.59. The summed E-state index contributed by atoms with van der Waals surface area (Å²) in [4.78, 5) is 74.5. The van der Waals surface area contributed by atoms with Crippen molar-refractivity contribution in [1.82, 2.24) is 16.0 Å². The molecule has 198 valence electrons. The molecule has 0 aliphatic rings. The summed E-state index contributed by atoms with van der Waals surface area (Å²) in [5.41, 5.74) is 21.1. The molecule has 4 unspecified atom stereocenters. The lowest BCUT2D eigenvalue weighted by atomic mass is 10.1. The smallest absolute Gasteiger partial charge is 0.326 e. The Balaban J connectivity index is 5.18. The van der Waals surface area contributed by atoms with Crippen molar-refractivity contribution in [2.75, 3.05) is 12.3 Å². The van der Waals surface area contributed by atoms with E-state index < -0.39 is 66.2 Å². The zero-order valence-electron chi connectivity index (χ0n) is 18.8. The number of carboxylic acid groups (broad SMARTS) is 2. The highest BCUT2D eigenvalue weighted by molar-refractivity contribution is 7.80. The predicted octanol–water partition coefficient (Wildman–Crippen LogP) is -4.42. The number of hydrogen-bond acceptors (Lipinski definition) is 9. The minimum Gasteiger partial charge on any atom is -0.481 e. The average Bonchev–Trinajstić information content (AvgIpc) is 2.75. The third kappa shape index (κ3) is 13.6. The number of primary amides is 1. The zero-order valence-corrected chi connectivity index (χ0v) is 19.7. The summed E-state index contributed by atoms with van der Waals surface area (Å²) in [6, 6.07) is -5.55. The molecule has 0 saturated carbocycles. The van der Waals surface area contributed by atoms with Crippen molar-refractivity contribution in [3.63, 3.8) is 0 Å². The third-order valence-corrected chi connectivity index (χ3v) is 4.79. The highest BCUT2D eigenvalue weighted by atomic mass is 32.1. The van der Waals surface area contributed by atoms with E-state index in [1.807, 2.05) is 0 Å². The molecule has 16 nitrogen and oxygen atoms in total. The van der Waals surface area contributed by atoms with Gasteiger partial charge < -0.3 is 49.1 Å². The molecule has 4 amide bonds. The van der Waals surface area contributed by atoms with Crippen molar-refractivity contribution in [2.24, 2.45) is 27.9 Å². The molecule has 0 heterocycles. The van der Waals surface area contributed by atoms with Crippen LogP contribution in [0.1, 0.15) is 32.1 Å². The summed E-state index contributed by atoms with van der Waals surface area (Å²) in [7, 11) is 0. The predicted molar refractivity (Wildman–Crippen MR) is 126 cm³/mol. The van der Waals surface area contributed by atoms with Crippen molar-refractivity contribution in [3.8, 4) is 0 Å². The summed E-state index contributed by atoms with van der Waals surface area (Å²) in [5, 5.41) is 24.9. The Kier molecular flexibility index (Phi) is 14.4. The Morgan fingerprint density at radius 1 is 0.829 bits per heavy atom. The average molecular weight is 521 g/mol. The van der Waals surface area contributed by atoms with Crippen LogP contribution in [0.15, 0.2) is 4.99 Å². The Hall–Kier alpha value is -3.60. The van der Waals surface area contributed by atoms with Gasteiger partial charge in [0.15, 0.2) is 5.96 Å². The molecule has 0 aliphatic heterocycles. The number of aliphatic carboxylic acids is 2. The van der Waals surface area contributed by atoms with Crippen LogP contribution < -0.4 is 38.9 Å². The van der Waals surface area contributed by atoms with Crippen molar-refractivity contribution < 1.29 is 39.0 Å². The highest BCUT2D eigenvalue weighted by Gasteiger charge is 2.31. The first kappa shape index (κ1) is 31.4. The molecule has 0 spiro atoms. The Labute approximate surface area is 206 Å². The molecule has 0 aliphatic carbocycles. The van der Waals surface area contributed by atoms with Crippen LogP contribution in [0.4, 0.5) is 0 Å². The van der Waals surface area contributed by atoms with Crippen LogP contribution in [0.5, 0.6) is 0 Å². The first-order chi connectivity index (χ1) is 16.3. The van der Waals surface area contributed by atoms with Crippen LogP contribution in [0.25, 0.3) is 0 Å². The lowest BCUT2D eigenvalue weighted by Gasteiger charge is -2.23. The first-order valence-corrected chi connectivity index (χ1v) is 11.0. The van der Waals surface area contributed by atoms with E-state index in [-0.39, 0.29) is 37.5 Å². The van der Waals surface area contributed by atoms with Gasteiger partial charge >= 0.3 is 11.9 Å². The molecule has 4 atom stereocenters. The minimum absolute atomic E-state index is 0.133. The number of nitrogens with one attached hydrogen (secondary N) is 3. The summed E-state index contributed by atoms with van der Waals surface area (Å²) < 4.78 is 0. The number of hydrogen-bond donors (Lipinski definition) is 10. The fraction of sp³-hybridized carbons (Fsp3) is 0.611. The van der Waals surface area contributed by atoms with E-state index in [9.17, 15) is 33.9 Å². The summed E-state index contributed by atoms with van der Waals surface area (Å²) >= 11 is 3.94. The molecule has 13 N–H and O–H groups in total. The molecule has 0 aromatic rings. The number of carbonyl (C=O) groups excluding carboxylic acids is 4. The van der Waals surface area contributed by atoms with Crippen LogP contribution in [0, 0.1) is 0 Å². The number of nitrogens with zero attached hydrogens (tertiary/aromatic N) is 1. The van der Waals surface area contributed by atoms with Gasteiger partial charge in [-0.15, -0.1) is 0 Å². The van der Waals surface area contributed by atoms with E-state index in [1.165, 1.54) is 0 Å². The second kappa shape index (κ2) is 16.1. The SMILES string of the molecule is NC(=O)CCC(NC(=O)C(CS)NC(=O)C(CC(=O)O)NC(=O)C(N)CCCN=C(N)N)C(=O)O. The van der Waals surface area contributed by atoms with E-state index in [0.717, 1.165) is 0 Å². The molecule has 0 radical (unpaired) electrons. The number of aliphatic imine (C=N–C) groups is 1. The Bertz CT molecular complexity index is 820. The largest absolute Gasteiger partial charge is 0.481 e. The zero-order chi connectivity index (χ0) is 27.1. The summed E-state index contributed by atoms with van der Waals surface area (Å²) in [6.07, 6.45) is -0.954. The Morgan fingerprint density at radius 2 is 1.37 bits per heavy atom. The molecular formula is C18H32N8O8S. The maximum absolute atomic E-state index is 12.6. The normalized spacial score (nSPS) is 13.9. The van der Waals surface area contributed by atoms with Gasteiger partial charge in [-0.25, -0.2) is 4.79 Å². The number of rotatable bonds is 17. The van der Waals surface area contributed by atoms with Crippen molar-refractivity contribution in [1.29, 1.82) is 0 Å². The quantitative estimate of drug-likeness (QED) is 0.0377. The topological polar surface area (TPSA) is 295 Å². The molecule has 0 rings (SSSR count). The van der Waals surface area contributed by atoms with Crippen molar-refractivity contribution in [3.05, 3.63) is 0 Å². The number of guanidine groups is 1. The molecule has 35 heavy (non-hydrogen) atoms. The first-order valence-electron chi connectivity index (χ1n) is 10.3. The molecule has 0 aromatic heterocycles. The lowest BCUT2D eigenvalue weighted by molar-refractivity contribution is -0.143. The van der Waals surface area contributed by atoms with E-state index in [4.69, 9.17) is 28.0 Å². The van der Waals surface area contributed by atoms with E-state index in [0.29, 0.717) is 6.42 Å². The van der Waals surface area contributed by atoms with Crippen LogP contribution in [0.3, 0.4) is 0 Å². The number of amides is 4. The van der Waals surface area contributed by atoms with Gasteiger partial charge in [0.25, 0.3) is 0 Å². The van der Waals surface area contributed by atoms with Crippen LogP contribution in [-0.4, -0.2) is 88.2 Å². The van der Waals surface area contributed by atoms with Crippen molar-refractivity contribution >= 4 is 54.2 Å². The van der Waals surface area contributed by atoms with Gasteiger partial charge in [-0.3, -0.25) is 29.0 Å². The van der Waals surface area contributed by atoms with Gasteiger partial charge in [-0.05, 0) is 19.3 Å². The molecule has 0 aromatic carbocycles. The van der Waals surface area contributed by atoms with Gasteiger partial charge in [0.05, 0.1) is 12.5 Å². The summed E-state index contributed by atoms with van der Waals surface area (Å²) in [6.45, 7) is 0.206. The molecule has 0 bridgehead atoms. The van der Waals surface area contributed by atoms with Crippen LogP contribution in [0.2, 0.25) is 0 Å². The van der Waals surface area contributed by atoms with Gasteiger partial charge in [-0.1, -0.05) is 0 Å². The van der Waals surface area contributed by atoms with Gasteiger partial charge in [-0.2, -0.15) is 12.6 Å². The third-order valence-electron chi connectivity index (χ3n) is 4.43. The van der Waals surface area contributed by atoms with Gasteiger partial charge in [0.2, 0.25) is 23.6 Å². The lowest BCUT2D eigenvalue weighted by Crippen LogP contribution is -2.58. The fourth-order valence-electron chi connectivity index (χ4n) is 2.60. The van der Waals surface area contributed by atoms with E-state index in [1.54, 1.807) is 0 Å². The van der Waals surface area contributed by atoms with E-state index >= 15 is 0 Å². The van der Waals surface area contributed by atoms with Gasteiger partial charge in [0.1, 0.15) is 18.1 Å². The second-order valence-electron chi connectivity index (χ2n) is 7.36. The van der Waals surface area contributed by atoms with Crippen molar-refractivity contribution in [2.45, 2.75) is 56.3 Å². The van der Waals surface area contributed by atoms with Gasteiger partial charge in [0, 0.05) is 18.7 Å². The maximum atomic E-state index is 12.6. The summed E-state index contributed by atoms with van der Waals surface area (Å²) in [5.74, 6) is -6.87. The monoisotopic (exact) mass is 520 g/mol. The molecule has 0 fully saturated rings. The second-order valence-corrected chi connectivity index (χ2v) is 7.73. The number of carbonyl (C=O) groups is 6. The highest BCUT2D eigenvalue weighted by Crippen LogP contribution is 2.02. The molecule has 17 heteroatoms. The van der Waals surface area contributed by atoms with Crippen LogP contribution in [-0.2, 0) is 28.8 Å². The van der Waals surface area contributed by atoms with E-state index in [2.05, 4.69) is 33.6 Å². The molecule has 0 saturated heterocycles. The number of carboxylic acids is 2. The number of nitrogens with two attached hydrogens (primary N) is 4. The Morgan fingerprint density at radius 3 is 1.86 bits per heavy atom.